The Morgan fingerprint density at radius 1 is 1.03 bits per heavy atom. The van der Waals surface area contributed by atoms with Crippen LogP contribution in [-0.4, -0.2) is 77.1 Å². The Kier molecular flexibility index (Phi) is 9.03. The summed E-state index contributed by atoms with van der Waals surface area (Å²) in [5.74, 6) is -0.0235. The van der Waals surface area contributed by atoms with Crippen molar-refractivity contribution in [2.75, 3.05) is 38.1 Å². The first kappa shape index (κ1) is 28.0. The number of hydrogen-bond donors (Lipinski definition) is 1. The first-order chi connectivity index (χ1) is 16.7. The van der Waals surface area contributed by atoms with Gasteiger partial charge in [-0.25, -0.2) is 4.79 Å². The number of carbonyl (C=O) groups is 2. The molecule has 0 saturated carbocycles. The van der Waals surface area contributed by atoms with Gasteiger partial charge in [0.2, 0.25) is 5.91 Å². The number of piperazine rings is 1. The van der Waals surface area contributed by atoms with Crippen LogP contribution in [0.1, 0.15) is 51.3 Å². The standard InChI is InChI=1S/C28H38N4O3.ClH/c1-19(2)31(28(34)35)27-16-20(3)32(21(4)33)26-11-10-24(17-25(26)27)23-8-6-22(7-9-23)18-30-14-12-29(5)13-15-30;/h6-11,17,19-20,27H,12-16,18H2,1-5H3,(H,34,35);1H/t20-,27+;/m0./s1. The topological polar surface area (TPSA) is 67.3 Å². The maximum absolute atomic E-state index is 12.5. The Morgan fingerprint density at radius 2 is 1.64 bits per heavy atom. The van der Waals surface area contributed by atoms with Crippen LogP contribution < -0.4 is 4.90 Å². The third kappa shape index (κ3) is 5.85. The molecule has 2 amide bonds. The summed E-state index contributed by atoms with van der Waals surface area (Å²) < 4.78 is 0. The molecule has 7 nitrogen and oxygen atoms in total. The van der Waals surface area contributed by atoms with Crippen molar-refractivity contribution in [2.45, 2.75) is 58.8 Å². The number of likely N-dealkylation sites (N-methyl/N-ethyl adjacent to an activating group) is 1. The number of hydrogen-bond acceptors (Lipinski definition) is 4. The highest BCUT2D eigenvalue weighted by Gasteiger charge is 2.38. The molecule has 1 fully saturated rings. The Balaban J connectivity index is 0.00000361. The Morgan fingerprint density at radius 3 is 2.19 bits per heavy atom. The molecule has 196 valence electrons. The van der Waals surface area contributed by atoms with Crippen LogP contribution in [0, 0.1) is 0 Å². The van der Waals surface area contributed by atoms with E-state index in [0.29, 0.717) is 6.42 Å². The molecule has 2 aromatic rings. The molecule has 36 heavy (non-hydrogen) atoms. The monoisotopic (exact) mass is 514 g/mol. The van der Waals surface area contributed by atoms with Gasteiger partial charge in [-0.3, -0.25) is 14.6 Å². The average molecular weight is 515 g/mol. The van der Waals surface area contributed by atoms with Gasteiger partial charge >= 0.3 is 6.09 Å². The number of carbonyl (C=O) groups excluding carboxylic acids is 1. The van der Waals surface area contributed by atoms with Crippen molar-refractivity contribution in [3.63, 3.8) is 0 Å². The molecular weight excluding hydrogens is 476 g/mol. The van der Waals surface area contributed by atoms with Crippen LogP contribution in [0.15, 0.2) is 42.5 Å². The Labute approximate surface area is 221 Å². The van der Waals surface area contributed by atoms with E-state index in [1.54, 1.807) is 11.8 Å². The molecule has 0 radical (unpaired) electrons. The third-order valence-corrected chi connectivity index (χ3v) is 7.39. The van der Waals surface area contributed by atoms with Gasteiger partial charge in [-0.2, -0.15) is 0 Å². The van der Waals surface area contributed by atoms with Crippen molar-refractivity contribution in [3.05, 3.63) is 53.6 Å². The van der Waals surface area contributed by atoms with E-state index in [4.69, 9.17) is 0 Å². The fourth-order valence-electron chi connectivity index (χ4n) is 5.54. The average Bonchev–Trinajstić information content (AvgIpc) is 2.80. The minimum absolute atomic E-state index is 0. The minimum atomic E-state index is -0.932. The fraction of sp³-hybridized carbons (Fsp3) is 0.500. The van der Waals surface area contributed by atoms with Crippen LogP contribution in [0.2, 0.25) is 0 Å². The molecule has 2 aromatic carbocycles. The van der Waals surface area contributed by atoms with Crippen molar-refractivity contribution < 1.29 is 14.7 Å². The van der Waals surface area contributed by atoms with Gasteiger partial charge in [0.05, 0.1) is 6.04 Å². The number of fused-ring (bicyclic) bond motifs is 1. The molecule has 0 bridgehead atoms. The van der Waals surface area contributed by atoms with Gasteiger partial charge < -0.3 is 14.9 Å². The summed E-state index contributed by atoms with van der Waals surface area (Å²) in [4.78, 5) is 32.8. The zero-order valence-corrected chi connectivity index (χ0v) is 22.8. The lowest BCUT2D eigenvalue weighted by atomic mass is 9.87. The summed E-state index contributed by atoms with van der Waals surface area (Å²) in [6, 6.07) is 14.2. The predicted octanol–water partition coefficient (Wildman–Crippen LogP) is 5.10. The fourth-order valence-corrected chi connectivity index (χ4v) is 5.54. The lowest BCUT2D eigenvalue weighted by Crippen LogP contribution is -2.48. The molecular formula is C28H39ClN4O3. The zero-order chi connectivity index (χ0) is 25.3. The summed E-state index contributed by atoms with van der Waals surface area (Å²) >= 11 is 0. The third-order valence-electron chi connectivity index (χ3n) is 7.39. The van der Waals surface area contributed by atoms with E-state index in [9.17, 15) is 14.7 Å². The lowest BCUT2D eigenvalue weighted by Gasteiger charge is -2.43. The maximum atomic E-state index is 12.5. The van der Waals surface area contributed by atoms with E-state index in [0.717, 1.165) is 55.1 Å². The second-order valence-electron chi connectivity index (χ2n) is 10.3. The van der Waals surface area contributed by atoms with Crippen molar-refractivity contribution in [1.29, 1.82) is 0 Å². The van der Waals surface area contributed by atoms with E-state index >= 15 is 0 Å². The van der Waals surface area contributed by atoms with Crippen molar-refractivity contribution in [3.8, 4) is 11.1 Å². The van der Waals surface area contributed by atoms with Gasteiger partial charge in [-0.05, 0) is 68.6 Å². The Hall–Kier alpha value is -2.61. The summed E-state index contributed by atoms with van der Waals surface area (Å²) in [6.45, 7) is 12.7. The van der Waals surface area contributed by atoms with E-state index in [-0.39, 0.29) is 36.4 Å². The predicted molar refractivity (Wildman–Crippen MR) is 147 cm³/mol. The van der Waals surface area contributed by atoms with Gasteiger partial charge in [0.15, 0.2) is 0 Å². The van der Waals surface area contributed by atoms with Gasteiger partial charge in [0.1, 0.15) is 0 Å². The number of benzene rings is 2. The van der Waals surface area contributed by atoms with Crippen LogP contribution in [-0.2, 0) is 11.3 Å². The summed E-state index contributed by atoms with van der Waals surface area (Å²) in [6.07, 6.45) is -0.358. The van der Waals surface area contributed by atoms with Crippen molar-refractivity contribution in [2.24, 2.45) is 0 Å². The van der Waals surface area contributed by atoms with E-state index in [1.165, 1.54) is 10.5 Å². The SMILES string of the molecule is CC(=O)N1c2ccc(-c3ccc(CN4CCN(C)CC4)cc3)cc2[C@H](N(C(=O)O)C(C)C)C[C@@H]1C.Cl. The molecule has 4 rings (SSSR count). The quantitative estimate of drug-likeness (QED) is 0.601. The summed E-state index contributed by atoms with van der Waals surface area (Å²) in [5.41, 5.74) is 5.12. The van der Waals surface area contributed by atoms with Gasteiger partial charge in [-0.1, -0.05) is 30.3 Å². The van der Waals surface area contributed by atoms with E-state index in [2.05, 4.69) is 47.2 Å². The molecule has 1 N–H and O–H groups in total. The Bertz CT molecular complexity index is 1070. The highest BCUT2D eigenvalue weighted by molar-refractivity contribution is 5.94. The summed E-state index contributed by atoms with van der Waals surface area (Å²) in [5, 5.41) is 9.99. The minimum Gasteiger partial charge on any atom is -0.465 e. The van der Waals surface area contributed by atoms with Crippen LogP contribution in [0.25, 0.3) is 11.1 Å². The van der Waals surface area contributed by atoms with Crippen molar-refractivity contribution >= 4 is 30.1 Å². The van der Waals surface area contributed by atoms with Crippen LogP contribution in [0.5, 0.6) is 0 Å². The van der Waals surface area contributed by atoms with Crippen LogP contribution >= 0.6 is 12.4 Å². The molecule has 1 saturated heterocycles. The largest absolute Gasteiger partial charge is 0.465 e. The molecule has 0 unspecified atom stereocenters. The molecule has 2 heterocycles. The van der Waals surface area contributed by atoms with Crippen LogP contribution in [0.3, 0.4) is 0 Å². The van der Waals surface area contributed by atoms with Gasteiger partial charge in [0, 0.05) is 57.4 Å². The maximum Gasteiger partial charge on any atom is 0.408 e. The highest BCUT2D eigenvalue weighted by atomic mass is 35.5. The number of nitrogens with zero attached hydrogens (tertiary/aromatic N) is 4. The zero-order valence-electron chi connectivity index (χ0n) is 22.0. The summed E-state index contributed by atoms with van der Waals surface area (Å²) in [7, 11) is 2.17. The van der Waals surface area contributed by atoms with Crippen LogP contribution in [0.4, 0.5) is 10.5 Å². The van der Waals surface area contributed by atoms with Gasteiger partial charge in [0.25, 0.3) is 0 Å². The lowest BCUT2D eigenvalue weighted by molar-refractivity contribution is -0.117. The van der Waals surface area contributed by atoms with Gasteiger partial charge in [-0.15, -0.1) is 12.4 Å². The molecule has 0 aromatic heterocycles. The first-order valence-electron chi connectivity index (χ1n) is 12.6. The molecule has 2 aliphatic rings. The molecule has 0 spiro atoms. The molecule has 8 heteroatoms. The number of carboxylic acid groups (broad SMARTS) is 1. The molecule has 2 atom stereocenters. The molecule has 2 aliphatic heterocycles. The van der Waals surface area contributed by atoms with Crippen molar-refractivity contribution in [1.82, 2.24) is 14.7 Å². The number of anilines is 1. The normalized spacial score (nSPS) is 20.6. The van der Waals surface area contributed by atoms with E-state index < -0.39 is 6.09 Å². The second-order valence-corrected chi connectivity index (χ2v) is 10.3. The van der Waals surface area contributed by atoms with E-state index in [1.807, 2.05) is 32.9 Å². The second kappa shape index (κ2) is 11.6. The number of rotatable bonds is 5. The smallest absolute Gasteiger partial charge is 0.408 e. The first-order valence-corrected chi connectivity index (χ1v) is 12.6. The molecule has 0 aliphatic carbocycles. The number of halogens is 1. The highest BCUT2D eigenvalue weighted by Crippen LogP contribution is 2.43. The number of amides is 2.